The lowest BCUT2D eigenvalue weighted by Crippen LogP contribution is -2.51. The summed E-state index contributed by atoms with van der Waals surface area (Å²) < 4.78 is 26.3. The Hall–Kier alpha value is -1.44. The number of hydrogen-bond donors (Lipinski definition) is 1. The van der Waals surface area contributed by atoms with Crippen LogP contribution in [0.15, 0.2) is 35.2 Å². The quantitative estimate of drug-likeness (QED) is 0.864. The first-order chi connectivity index (χ1) is 9.91. The Bertz CT molecular complexity index is 579. The first-order valence-electron chi connectivity index (χ1n) is 7.00. The average Bonchev–Trinajstić information content (AvgIpc) is 2.47. The molecular formula is C14H21N3O3S. The van der Waals surface area contributed by atoms with Crippen LogP contribution < -0.4 is 5.73 Å². The van der Waals surface area contributed by atoms with Crippen molar-refractivity contribution in [2.24, 2.45) is 5.73 Å². The molecule has 21 heavy (non-hydrogen) atoms. The van der Waals surface area contributed by atoms with E-state index in [1.165, 1.54) is 4.31 Å². The highest BCUT2D eigenvalue weighted by Crippen LogP contribution is 2.17. The highest BCUT2D eigenvalue weighted by molar-refractivity contribution is 7.89. The van der Waals surface area contributed by atoms with Crippen LogP contribution in [0.3, 0.4) is 0 Å². The van der Waals surface area contributed by atoms with Crippen molar-refractivity contribution in [1.82, 2.24) is 9.21 Å². The van der Waals surface area contributed by atoms with E-state index >= 15 is 0 Å². The zero-order chi connectivity index (χ0) is 15.5. The summed E-state index contributed by atoms with van der Waals surface area (Å²) in [7, 11) is -3.46. The lowest BCUT2D eigenvalue weighted by Gasteiger charge is -2.34. The number of nitrogens with two attached hydrogens (primary N) is 1. The van der Waals surface area contributed by atoms with Gasteiger partial charge in [0.05, 0.1) is 4.90 Å². The fourth-order valence-corrected chi connectivity index (χ4v) is 3.77. The summed E-state index contributed by atoms with van der Waals surface area (Å²) in [5.41, 5.74) is 5.62. The zero-order valence-electron chi connectivity index (χ0n) is 12.1. The molecule has 1 heterocycles. The first-order valence-corrected chi connectivity index (χ1v) is 8.44. The summed E-state index contributed by atoms with van der Waals surface area (Å²) in [6.45, 7) is 3.26. The van der Waals surface area contributed by atoms with Crippen LogP contribution in [0.25, 0.3) is 0 Å². The van der Waals surface area contributed by atoms with E-state index in [4.69, 9.17) is 5.73 Å². The summed E-state index contributed by atoms with van der Waals surface area (Å²) in [5.74, 6) is -0.0123. The molecule has 0 bridgehead atoms. The lowest BCUT2D eigenvalue weighted by atomic mass is 10.2. The third-order valence-electron chi connectivity index (χ3n) is 3.47. The second-order valence-electron chi connectivity index (χ2n) is 5.28. The Balaban J connectivity index is 2.00. The molecular weight excluding hydrogens is 290 g/mol. The Morgan fingerprint density at radius 2 is 1.76 bits per heavy atom. The molecule has 1 aromatic carbocycles. The van der Waals surface area contributed by atoms with E-state index in [1.807, 2.05) is 0 Å². The molecule has 1 saturated heterocycles. The van der Waals surface area contributed by atoms with Crippen molar-refractivity contribution >= 4 is 15.9 Å². The molecule has 1 unspecified atom stereocenters. The molecule has 1 fully saturated rings. The van der Waals surface area contributed by atoms with Gasteiger partial charge in [-0.25, -0.2) is 8.42 Å². The van der Waals surface area contributed by atoms with Gasteiger partial charge >= 0.3 is 0 Å². The van der Waals surface area contributed by atoms with E-state index in [9.17, 15) is 13.2 Å². The van der Waals surface area contributed by atoms with Gasteiger partial charge in [0.1, 0.15) is 0 Å². The molecule has 2 N–H and O–H groups in total. The summed E-state index contributed by atoms with van der Waals surface area (Å²) in [6.07, 6.45) is 0.297. The van der Waals surface area contributed by atoms with Crippen LogP contribution in [-0.4, -0.2) is 55.8 Å². The van der Waals surface area contributed by atoms with Crippen molar-refractivity contribution in [3.8, 4) is 0 Å². The van der Waals surface area contributed by atoms with E-state index < -0.39 is 10.0 Å². The Morgan fingerprint density at radius 3 is 2.29 bits per heavy atom. The van der Waals surface area contributed by atoms with Gasteiger partial charge in [-0.05, 0) is 19.1 Å². The number of amides is 1. The van der Waals surface area contributed by atoms with Crippen LogP contribution in [0, 0.1) is 0 Å². The molecule has 0 radical (unpaired) electrons. The smallest absolute Gasteiger partial charge is 0.243 e. The second-order valence-corrected chi connectivity index (χ2v) is 7.22. The van der Waals surface area contributed by atoms with Gasteiger partial charge in [-0.15, -0.1) is 0 Å². The number of benzene rings is 1. The lowest BCUT2D eigenvalue weighted by molar-refractivity contribution is -0.132. The molecule has 0 spiro atoms. The Morgan fingerprint density at radius 1 is 1.19 bits per heavy atom. The van der Waals surface area contributed by atoms with E-state index in [2.05, 4.69) is 0 Å². The fraction of sp³-hybridized carbons (Fsp3) is 0.500. The third kappa shape index (κ3) is 3.81. The van der Waals surface area contributed by atoms with Crippen molar-refractivity contribution in [1.29, 1.82) is 0 Å². The third-order valence-corrected chi connectivity index (χ3v) is 5.38. The number of hydrogen-bond acceptors (Lipinski definition) is 4. The SMILES string of the molecule is CC(N)CC(=O)N1CCN(S(=O)(=O)c2ccccc2)CC1. The number of piperazine rings is 1. The number of rotatable bonds is 4. The van der Waals surface area contributed by atoms with Gasteiger partial charge in [-0.1, -0.05) is 18.2 Å². The minimum Gasteiger partial charge on any atom is -0.340 e. The van der Waals surface area contributed by atoms with Crippen molar-refractivity contribution < 1.29 is 13.2 Å². The minimum absolute atomic E-state index is 0.0123. The molecule has 2 rings (SSSR count). The predicted molar refractivity (Wildman–Crippen MR) is 80.0 cm³/mol. The van der Waals surface area contributed by atoms with Crippen LogP contribution >= 0.6 is 0 Å². The second kappa shape index (κ2) is 6.55. The molecule has 6 nitrogen and oxygen atoms in total. The number of nitrogens with zero attached hydrogens (tertiary/aromatic N) is 2. The summed E-state index contributed by atoms with van der Waals surface area (Å²) >= 11 is 0. The monoisotopic (exact) mass is 311 g/mol. The maximum atomic E-state index is 12.4. The molecule has 1 atom stereocenters. The fourth-order valence-electron chi connectivity index (χ4n) is 2.32. The normalized spacial score (nSPS) is 18.5. The van der Waals surface area contributed by atoms with Crippen molar-refractivity contribution in [2.75, 3.05) is 26.2 Å². The Kier molecular flexibility index (Phi) is 4.97. The number of carbonyl (C=O) groups excluding carboxylic acids is 1. The molecule has 1 aromatic rings. The molecule has 1 aliphatic rings. The minimum atomic E-state index is -3.46. The molecule has 0 aromatic heterocycles. The van der Waals surface area contributed by atoms with Gasteiger partial charge in [0.25, 0.3) is 0 Å². The zero-order valence-corrected chi connectivity index (χ0v) is 12.9. The van der Waals surface area contributed by atoms with Crippen LogP contribution in [0.1, 0.15) is 13.3 Å². The van der Waals surface area contributed by atoms with Crippen LogP contribution in [0.5, 0.6) is 0 Å². The summed E-state index contributed by atoms with van der Waals surface area (Å²) in [5, 5.41) is 0. The van der Waals surface area contributed by atoms with Gasteiger partial charge in [-0.2, -0.15) is 4.31 Å². The van der Waals surface area contributed by atoms with Gasteiger partial charge in [-0.3, -0.25) is 4.79 Å². The molecule has 0 aliphatic carbocycles. The first kappa shape index (κ1) is 15.9. The molecule has 7 heteroatoms. The van der Waals surface area contributed by atoms with Crippen LogP contribution in [-0.2, 0) is 14.8 Å². The maximum Gasteiger partial charge on any atom is 0.243 e. The topological polar surface area (TPSA) is 83.7 Å². The summed E-state index contributed by atoms with van der Waals surface area (Å²) in [4.78, 5) is 13.9. The van der Waals surface area contributed by atoms with Crippen molar-refractivity contribution in [2.45, 2.75) is 24.3 Å². The number of carbonyl (C=O) groups is 1. The largest absolute Gasteiger partial charge is 0.340 e. The maximum absolute atomic E-state index is 12.4. The Labute approximate surface area is 125 Å². The highest BCUT2D eigenvalue weighted by atomic mass is 32.2. The standard InChI is InChI=1S/C14H21N3O3S/c1-12(15)11-14(18)16-7-9-17(10-8-16)21(19,20)13-5-3-2-4-6-13/h2-6,12H,7-11,15H2,1H3. The average molecular weight is 311 g/mol. The molecule has 1 amide bonds. The van der Waals surface area contributed by atoms with Gasteiger partial charge in [0.2, 0.25) is 15.9 Å². The van der Waals surface area contributed by atoms with Crippen LogP contribution in [0.4, 0.5) is 0 Å². The van der Waals surface area contributed by atoms with Gasteiger partial charge in [0, 0.05) is 38.6 Å². The predicted octanol–water partition coefficient (Wildman–Crippen LogP) is 0.257. The molecule has 0 saturated carbocycles. The molecule has 1 aliphatic heterocycles. The van der Waals surface area contributed by atoms with Crippen molar-refractivity contribution in [3.05, 3.63) is 30.3 Å². The van der Waals surface area contributed by atoms with Gasteiger partial charge < -0.3 is 10.6 Å². The van der Waals surface area contributed by atoms with Crippen LogP contribution in [0.2, 0.25) is 0 Å². The van der Waals surface area contributed by atoms with E-state index in [0.29, 0.717) is 37.5 Å². The van der Waals surface area contributed by atoms with E-state index in [1.54, 1.807) is 42.2 Å². The molecule has 116 valence electrons. The van der Waals surface area contributed by atoms with Gasteiger partial charge in [0.15, 0.2) is 0 Å². The van der Waals surface area contributed by atoms with E-state index in [0.717, 1.165) is 0 Å². The van der Waals surface area contributed by atoms with E-state index in [-0.39, 0.29) is 11.9 Å². The summed E-state index contributed by atoms with van der Waals surface area (Å²) in [6, 6.07) is 8.18. The van der Waals surface area contributed by atoms with Crippen molar-refractivity contribution in [3.63, 3.8) is 0 Å². The highest BCUT2D eigenvalue weighted by Gasteiger charge is 2.29. The number of sulfonamides is 1.